The molecule has 0 aliphatic heterocycles. The molecule has 1 saturated carbocycles. The number of aromatic nitrogens is 1. The Morgan fingerprint density at radius 1 is 1.50 bits per heavy atom. The summed E-state index contributed by atoms with van der Waals surface area (Å²) in [5, 5.41) is 0. The highest BCUT2D eigenvalue weighted by molar-refractivity contribution is 7.89. The second-order valence-corrected chi connectivity index (χ2v) is 7.11. The number of rotatable bonds is 5. The van der Waals surface area contributed by atoms with Crippen molar-refractivity contribution < 1.29 is 8.42 Å². The summed E-state index contributed by atoms with van der Waals surface area (Å²) in [6.07, 6.45) is 5.14. The lowest BCUT2D eigenvalue weighted by Gasteiger charge is -2.29. The van der Waals surface area contributed by atoms with Gasteiger partial charge in [0.05, 0.1) is 0 Å². The van der Waals surface area contributed by atoms with Gasteiger partial charge < -0.3 is 10.3 Å². The van der Waals surface area contributed by atoms with Gasteiger partial charge in [-0.25, -0.2) is 12.7 Å². The van der Waals surface area contributed by atoms with Crippen LogP contribution in [0.5, 0.6) is 0 Å². The molecule has 1 aliphatic carbocycles. The van der Waals surface area contributed by atoms with Crippen LogP contribution in [0.2, 0.25) is 0 Å². The molecule has 6 heteroatoms. The molecule has 0 unspecified atom stereocenters. The number of hydrogen-bond donors (Lipinski definition) is 1. The van der Waals surface area contributed by atoms with E-state index in [9.17, 15) is 8.42 Å². The van der Waals surface area contributed by atoms with Gasteiger partial charge in [0.1, 0.15) is 4.90 Å². The molecule has 0 amide bonds. The average Bonchev–Trinajstić information content (AvgIpc) is 2.65. The molecule has 1 fully saturated rings. The van der Waals surface area contributed by atoms with Crippen molar-refractivity contribution in [3.8, 4) is 0 Å². The van der Waals surface area contributed by atoms with Crippen LogP contribution >= 0.6 is 0 Å². The zero-order valence-electron chi connectivity index (χ0n) is 11.0. The van der Waals surface area contributed by atoms with Gasteiger partial charge in [-0.05, 0) is 24.8 Å². The third-order valence-electron chi connectivity index (χ3n) is 3.74. The van der Waals surface area contributed by atoms with E-state index in [4.69, 9.17) is 5.73 Å². The second kappa shape index (κ2) is 5.03. The van der Waals surface area contributed by atoms with E-state index in [1.54, 1.807) is 23.9 Å². The van der Waals surface area contributed by atoms with Crippen molar-refractivity contribution in [2.75, 3.05) is 13.6 Å². The summed E-state index contributed by atoms with van der Waals surface area (Å²) in [6.45, 7) is 0.966. The maximum absolute atomic E-state index is 12.4. The molecule has 0 saturated heterocycles. The zero-order valence-corrected chi connectivity index (χ0v) is 11.8. The summed E-state index contributed by atoms with van der Waals surface area (Å²) in [5.41, 5.74) is 6.39. The van der Waals surface area contributed by atoms with E-state index in [2.05, 4.69) is 0 Å². The number of aryl methyl sites for hydroxylation is 1. The minimum Gasteiger partial charge on any atom is -0.352 e. The van der Waals surface area contributed by atoms with Crippen molar-refractivity contribution in [2.24, 2.45) is 18.7 Å². The lowest BCUT2D eigenvalue weighted by atomic mass is 9.86. The molecule has 0 atom stereocenters. The molecular formula is C12H21N3O2S. The molecule has 1 aliphatic rings. The Morgan fingerprint density at radius 2 is 2.17 bits per heavy atom. The molecule has 18 heavy (non-hydrogen) atoms. The molecule has 0 aromatic carbocycles. The zero-order chi connectivity index (χ0) is 13.3. The SMILES string of the molecule is CN(CC1CCC1)S(=O)(=O)c1cc(CN)n(C)c1. The van der Waals surface area contributed by atoms with E-state index in [-0.39, 0.29) is 0 Å². The topological polar surface area (TPSA) is 68.3 Å². The van der Waals surface area contributed by atoms with E-state index >= 15 is 0 Å². The largest absolute Gasteiger partial charge is 0.352 e. The molecule has 0 spiro atoms. The molecule has 102 valence electrons. The van der Waals surface area contributed by atoms with Gasteiger partial charge in [0.2, 0.25) is 10.0 Å². The first kappa shape index (κ1) is 13.6. The molecule has 1 aromatic rings. The van der Waals surface area contributed by atoms with Crippen molar-refractivity contribution >= 4 is 10.0 Å². The average molecular weight is 271 g/mol. The van der Waals surface area contributed by atoms with Crippen LogP contribution in [0.3, 0.4) is 0 Å². The van der Waals surface area contributed by atoms with Gasteiger partial charge in [0, 0.05) is 39.1 Å². The Morgan fingerprint density at radius 3 is 2.61 bits per heavy atom. The molecule has 2 rings (SSSR count). The quantitative estimate of drug-likeness (QED) is 0.865. The molecule has 1 heterocycles. The van der Waals surface area contributed by atoms with E-state index in [1.807, 2.05) is 7.05 Å². The van der Waals surface area contributed by atoms with Crippen LogP contribution in [0.1, 0.15) is 25.0 Å². The van der Waals surface area contributed by atoms with Gasteiger partial charge in [-0.15, -0.1) is 0 Å². The number of hydrogen-bond acceptors (Lipinski definition) is 3. The fourth-order valence-corrected chi connectivity index (χ4v) is 3.58. The molecular weight excluding hydrogens is 250 g/mol. The van der Waals surface area contributed by atoms with Crippen molar-refractivity contribution in [3.05, 3.63) is 18.0 Å². The number of nitrogens with zero attached hydrogens (tertiary/aromatic N) is 2. The van der Waals surface area contributed by atoms with Crippen LogP contribution in [-0.2, 0) is 23.6 Å². The highest BCUT2D eigenvalue weighted by Gasteiger charge is 2.27. The maximum atomic E-state index is 12.4. The van der Waals surface area contributed by atoms with Crippen LogP contribution in [-0.4, -0.2) is 30.9 Å². The van der Waals surface area contributed by atoms with Gasteiger partial charge in [-0.2, -0.15) is 0 Å². The monoisotopic (exact) mass is 271 g/mol. The molecule has 2 N–H and O–H groups in total. The van der Waals surface area contributed by atoms with Gasteiger partial charge in [0.15, 0.2) is 0 Å². The van der Waals surface area contributed by atoms with Crippen molar-refractivity contribution in [2.45, 2.75) is 30.7 Å². The summed E-state index contributed by atoms with van der Waals surface area (Å²) in [6, 6.07) is 1.66. The summed E-state index contributed by atoms with van der Waals surface area (Å²) >= 11 is 0. The third kappa shape index (κ3) is 2.46. The fraction of sp³-hybridized carbons (Fsp3) is 0.667. The highest BCUT2D eigenvalue weighted by Crippen LogP contribution is 2.28. The van der Waals surface area contributed by atoms with Crippen molar-refractivity contribution in [1.29, 1.82) is 0 Å². The summed E-state index contributed by atoms with van der Waals surface area (Å²) in [7, 11) is 0.103. The Hall–Kier alpha value is -0.850. The third-order valence-corrected chi connectivity index (χ3v) is 5.53. The first-order valence-electron chi connectivity index (χ1n) is 6.27. The lowest BCUT2D eigenvalue weighted by molar-refractivity contribution is 0.263. The highest BCUT2D eigenvalue weighted by atomic mass is 32.2. The first-order valence-corrected chi connectivity index (χ1v) is 7.71. The minimum atomic E-state index is -3.37. The van der Waals surface area contributed by atoms with E-state index in [0.29, 0.717) is 23.9 Å². The van der Waals surface area contributed by atoms with Crippen LogP contribution < -0.4 is 5.73 Å². The first-order chi connectivity index (χ1) is 8.45. The molecule has 5 nitrogen and oxygen atoms in total. The van der Waals surface area contributed by atoms with Crippen LogP contribution in [0.4, 0.5) is 0 Å². The predicted octanol–water partition coefficient (Wildman–Crippen LogP) is 0.904. The van der Waals surface area contributed by atoms with Crippen LogP contribution in [0, 0.1) is 5.92 Å². The summed E-state index contributed by atoms with van der Waals surface area (Å²) in [4.78, 5) is 0.340. The Kier molecular flexibility index (Phi) is 3.79. The van der Waals surface area contributed by atoms with Crippen LogP contribution in [0.25, 0.3) is 0 Å². The van der Waals surface area contributed by atoms with Crippen molar-refractivity contribution in [3.63, 3.8) is 0 Å². The summed E-state index contributed by atoms with van der Waals surface area (Å²) < 4.78 is 28.0. The van der Waals surface area contributed by atoms with Gasteiger partial charge in [0.25, 0.3) is 0 Å². The number of sulfonamides is 1. The molecule has 0 radical (unpaired) electrons. The minimum absolute atomic E-state index is 0.340. The Labute approximate surface area is 109 Å². The fourth-order valence-electron chi connectivity index (χ4n) is 2.24. The van der Waals surface area contributed by atoms with Crippen molar-refractivity contribution in [1.82, 2.24) is 8.87 Å². The molecule has 0 bridgehead atoms. The second-order valence-electron chi connectivity index (χ2n) is 5.06. The normalized spacial score (nSPS) is 17.1. The number of nitrogens with two attached hydrogens (primary N) is 1. The van der Waals surface area contributed by atoms with E-state index < -0.39 is 10.0 Å². The standard InChI is InChI=1S/C12H21N3O2S/c1-14-9-12(6-11(14)7-13)18(16,17)15(2)8-10-4-3-5-10/h6,9-10H,3-5,7-8,13H2,1-2H3. The molecule has 1 aromatic heterocycles. The summed E-state index contributed by atoms with van der Waals surface area (Å²) in [5.74, 6) is 0.530. The Balaban J connectivity index is 2.17. The van der Waals surface area contributed by atoms with Gasteiger partial charge >= 0.3 is 0 Å². The predicted molar refractivity (Wildman–Crippen MR) is 70.5 cm³/mol. The lowest BCUT2D eigenvalue weighted by Crippen LogP contribution is -2.34. The van der Waals surface area contributed by atoms with E-state index in [0.717, 1.165) is 18.5 Å². The van der Waals surface area contributed by atoms with Crippen LogP contribution in [0.15, 0.2) is 17.2 Å². The Bertz CT molecular complexity index is 517. The smallest absolute Gasteiger partial charge is 0.244 e. The van der Waals surface area contributed by atoms with Gasteiger partial charge in [-0.1, -0.05) is 6.42 Å². The maximum Gasteiger partial charge on any atom is 0.244 e. The van der Waals surface area contributed by atoms with Gasteiger partial charge in [-0.3, -0.25) is 0 Å². The van der Waals surface area contributed by atoms with E-state index in [1.165, 1.54) is 10.7 Å².